The third-order valence-corrected chi connectivity index (χ3v) is 5.26. The Morgan fingerprint density at radius 1 is 1.28 bits per heavy atom. The number of carbonyl (C=O) groups excluding carboxylic acids is 1. The largest absolute Gasteiger partial charge is 0.451 e. The SMILES string of the molecule is Cc1noc(C2CCN(C(=O)c3oc4ccc(Br)cc4c3C)CC2)n1. The molecule has 0 N–H and O–H groups in total. The number of amides is 1. The molecule has 0 aliphatic carbocycles. The fourth-order valence-corrected chi connectivity index (χ4v) is 3.71. The molecule has 0 bridgehead atoms. The van der Waals surface area contributed by atoms with Gasteiger partial charge in [0.1, 0.15) is 5.58 Å². The normalized spacial score (nSPS) is 15.9. The first kappa shape index (κ1) is 16.3. The highest BCUT2D eigenvalue weighted by molar-refractivity contribution is 9.10. The van der Waals surface area contributed by atoms with Crippen molar-refractivity contribution >= 4 is 32.8 Å². The Hall–Kier alpha value is -2.15. The van der Waals surface area contributed by atoms with Gasteiger partial charge < -0.3 is 13.8 Å². The molecule has 1 saturated heterocycles. The molecule has 0 atom stereocenters. The third kappa shape index (κ3) is 2.97. The number of nitrogens with zero attached hydrogens (tertiary/aromatic N) is 3. The first-order valence-corrected chi connectivity index (χ1v) is 9.10. The molecular weight excluding hydrogens is 386 g/mol. The van der Waals surface area contributed by atoms with Crippen LogP contribution in [0.4, 0.5) is 0 Å². The van der Waals surface area contributed by atoms with Crippen LogP contribution in [-0.4, -0.2) is 34.0 Å². The Labute approximate surface area is 153 Å². The van der Waals surface area contributed by atoms with E-state index >= 15 is 0 Å². The summed E-state index contributed by atoms with van der Waals surface area (Å²) in [5.41, 5.74) is 1.62. The number of benzene rings is 1. The molecular formula is C18H18BrN3O3. The molecule has 4 rings (SSSR count). The molecule has 1 aromatic carbocycles. The van der Waals surface area contributed by atoms with Crippen LogP contribution in [0, 0.1) is 13.8 Å². The Balaban J connectivity index is 1.52. The molecule has 3 heterocycles. The molecule has 0 radical (unpaired) electrons. The summed E-state index contributed by atoms with van der Waals surface area (Å²) in [5, 5.41) is 4.82. The van der Waals surface area contributed by atoms with Crippen molar-refractivity contribution in [3.05, 3.63) is 45.7 Å². The maximum atomic E-state index is 12.9. The first-order chi connectivity index (χ1) is 12.0. The monoisotopic (exact) mass is 403 g/mol. The van der Waals surface area contributed by atoms with Crippen molar-refractivity contribution < 1.29 is 13.7 Å². The third-order valence-electron chi connectivity index (χ3n) is 4.77. The van der Waals surface area contributed by atoms with Crippen LogP contribution in [-0.2, 0) is 0 Å². The summed E-state index contributed by atoms with van der Waals surface area (Å²) in [6, 6.07) is 5.78. The molecule has 1 amide bonds. The summed E-state index contributed by atoms with van der Waals surface area (Å²) in [6.45, 7) is 5.06. The van der Waals surface area contributed by atoms with Gasteiger partial charge in [-0.05, 0) is 44.9 Å². The molecule has 0 saturated carbocycles. The van der Waals surface area contributed by atoms with E-state index in [1.54, 1.807) is 0 Å². The lowest BCUT2D eigenvalue weighted by Gasteiger charge is -2.29. The lowest BCUT2D eigenvalue weighted by atomic mass is 9.96. The molecule has 0 spiro atoms. The van der Waals surface area contributed by atoms with E-state index in [4.69, 9.17) is 8.94 Å². The van der Waals surface area contributed by atoms with Gasteiger partial charge in [-0.1, -0.05) is 21.1 Å². The summed E-state index contributed by atoms with van der Waals surface area (Å²) >= 11 is 3.46. The number of carbonyl (C=O) groups is 1. The molecule has 0 unspecified atom stereocenters. The van der Waals surface area contributed by atoms with Crippen molar-refractivity contribution in [3.63, 3.8) is 0 Å². The molecule has 1 aliphatic rings. The minimum atomic E-state index is -0.0509. The van der Waals surface area contributed by atoms with Crippen LogP contribution in [0.1, 0.15) is 46.6 Å². The second kappa shape index (κ2) is 6.29. The number of aryl methyl sites for hydroxylation is 2. The number of hydrogen-bond acceptors (Lipinski definition) is 5. The van der Waals surface area contributed by atoms with Gasteiger partial charge in [-0.25, -0.2) is 0 Å². The van der Waals surface area contributed by atoms with E-state index in [9.17, 15) is 4.79 Å². The van der Waals surface area contributed by atoms with Crippen molar-refractivity contribution in [2.45, 2.75) is 32.6 Å². The second-order valence-corrected chi connectivity index (χ2v) is 7.36. The minimum absolute atomic E-state index is 0.0509. The number of rotatable bonds is 2. The van der Waals surface area contributed by atoms with Gasteiger partial charge in [-0.2, -0.15) is 4.98 Å². The molecule has 6 nitrogen and oxygen atoms in total. The zero-order valence-corrected chi connectivity index (χ0v) is 15.7. The lowest BCUT2D eigenvalue weighted by Crippen LogP contribution is -2.38. The number of furan rings is 1. The van der Waals surface area contributed by atoms with Crippen LogP contribution >= 0.6 is 15.9 Å². The summed E-state index contributed by atoms with van der Waals surface area (Å²) in [6.07, 6.45) is 1.64. The summed E-state index contributed by atoms with van der Waals surface area (Å²) < 4.78 is 12.1. The standard InChI is InChI=1S/C18H18BrN3O3/c1-10-14-9-13(19)3-4-15(14)24-16(10)18(23)22-7-5-12(6-8-22)17-20-11(2)21-25-17/h3-4,9,12H,5-8H2,1-2H3. The first-order valence-electron chi connectivity index (χ1n) is 8.31. The average molecular weight is 404 g/mol. The molecule has 25 heavy (non-hydrogen) atoms. The zero-order chi connectivity index (χ0) is 17.6. The van der Waals surface area contributed by atoms with E-state index < -0.39 is 0 Å². The van der Waals surface area contributed by atoms with Crippen molar-refractivity contribution in [3.8, 4) is 0 Å². The van der Waals surface area contributed by atoms with Gasteiger partial charge in [0.05, 0.1) is 0 Å². The second-order valence-electron chi connectivity index (χ2n) is 6.44. The van der Waals surface area contributed by atoms with E-state index in [1.807, 2.05) is 36.9 Å². The topological polar surface area (TPSA) is 72.4 Å². The van der Waals surface area contributed by atoms with Crippen molar-refractivity contribution in [1.29, 1.82) is 0 Å². The predicted octanol–water partition coefficient (Wildman–Crippen LogP) is 4.21. The Morgan fingerprint density at radius 3 is 2.72 bits per heavy atom. The number of piperidine rings is 1. The Bertz CT molecular complexity index is 938. The van der Waals surface area contributed by atoms with E-state index in [0.717, 1.165) is 33.8 Å². The van der Waals surface area contributed by atoms with Gasteiger partial charge >= 0.3 is 0 Å². The van der Waals surface area contributed by atoms with E-state index in [0.29, 0.717) is 30.6 Å². The Morgan fingerprint density at radius 2 is 2.04 bits per heavy atom. The number of hydrogen-bond donors (Lipinski definition) is 0. The maximum absolute atomic E-state index is 12.9. The summed E-state index contributed by atoms with van der Waals surface area (Å²) in [5.74, 6) is 1.93. The van der Waals surface area contributed by atoms with Crippen LogP contribution in [0.3, 0.4) is 0 Å². The van der Waals surface area contributed by atoms with Crippen LogP contribution in [0.2, 0.25) is 0 Å². The minimum Gasteiger partial charge on any atom is -0.451 e. The zero-order valence-electron chi connectivity index (χ0n) is 14.1. The highest BCUT2D eigenvalue weighted by Crippen LogP contribution is 2.31. The molecule has 3 aromatic rings. The Kier molecular flexibility index (Phi) is 4.11. The van der Waals surface area contributed by atoms with Crippen LogP contribution in [0.25, 0.3) is 11.0 Å². The average Bonchev–Trinajstić information content (AvgIpc) is 3.19. The van der Waals surface area contributed by atoms with Crippen LogP contribution in [0.5, 0.6) is 0 Å². The van der Waals surface area contributed by atoms with Gasteiger partial charge in [0.15, 0.2) is 11.6 Å². The van der Waals surface area contributed by atoms with Crippen LogP contribution < -0.4 is 0 Å². The lowest BCUT2D eigenvalue weighted by molar-refractivity contribution is 0.0674. The number of likely N-dealkylation sites (tertiary alicyclic amines) is 1. The smallest absolute Gasteiger partial charge is 0.289 e. The number of halogens is 1. The predicted molar refractivity (Wildman–Crippen MR) is 95.6 cm³/mol. The van der Waals surface area contributed by atoms with Crippen molar-refractivity contribution in [2.24, 2.45) is 0 Å². The van der Waals surface area contributed by atoms with Gasteiger partial charge in [0.2, 0.25) is 5.89 Å². The summed E-state index contributed by atoms with van der Waals surface area (Å²) in [4.78, 5) is 19.0. The number of aromatic nitrogens is 2. The molecule has 130 valence electrons. The van der Waals surface area contributed by atoms with E-state index in [2.05, 4.69) is 26.1 Å². The van der Waals surface area contributed by atoms with E-state index in [1.165, 1.54) is 0 Å². The highest BCUT2D eigenvalue weighted by atomic mass is 79.9. The fraction of sp³-hybridized carbons (Fsp3) is 0.389. The van der Waals surface area contributed by atoms with Gasteiger partial charge in [0, 0.05) is 34.4 Å². The molecule has 2 aromatic heterocycles. The quantitative estimate of drug-likeness (QED) is 0.640. The van der Waals surface area contributed by atoms with Gasteiger partial charge in [-0.3, -0.25) is 4.79 Å². The van der Waals surface area contributed by atoms with E-state index in [-0.39, 0.29) is 11.8 Å². The highest BCUT2D eigenvalue weighted by Gasteiger charge is 2.30. The molecule has 1 aliphatic heterocycles. The molecule has 1 fully saturated rings. The fourth-order valence-electron chi connectivity index (χ4n) is 3.35. The molecule has 7 heteroatoms. The van der Waals surface area contributed by atoms with Crippen LogP contribution in [0.15, 0.2) is 31.6 Å². The van der Waals surface area contributed by atoms with Crippen molar-refractivity contribution in [2.75, 3.05) is 13.1 Å². The van der Waals surface area contributed by atoms with Gasteiger partial charge in [0.25, 0.3) is 5.91 Å². The number of fused-ring (bicyclic) bond motifs is 1. The van der Waals surface area contributed by atoms with Gasteiger partial charge in [-0.15, -0.1) is 0 Å². The maximum Gasteiger partial charge on any atom is 0.289 e. The summed E-state index contributed by atoms with van der Waals surface area (Å²) in [7, 11) is 0. The van der Waals surface area contributed by atoms with Crippen molar-refractivity contribution in [1.82, 2.24) is 15.0 Å².